The first kappa shape index (κ1) is 21.9. The lowest BCUT2D eigenvalue weighted by Crippen LogP contribution is -2.43. The fraction of sp³-hybridized carbons (Fsp3) is 0.200. The number of carbonyl (C=O) groups is 2. The van der Waals surface area contributed by atoms with Gasteiger partial charge in [0.1, 0.15) is 11.5 Å². The van der Waals surface area contributed by atoms with Gasteiger partial charge >= 0.3 is 0 Å². The summed E-state index contributed by atoms with van der Waals surface area (Å²) in [7, 11) is 0. The number of amides is 2. The number of nitrogens with two attached hydrogens (primary N) is 1. The van der Waals surface area contributed by atoms with Crippen molar-refractivity contribution in [3.8, 4) is 11.5 Å². The van der Waals surface area contributed by atoms with Crippen LogP contribution in [0.5, 0.6) is 11.5 Å². The lowest BCUT2D eigenvalue weighted by atomic mass is 10.1. The van der Waals surface area contributed by atoms with E-state index >= 15 is 0 Å². The van der Waals surface area contributed by atoms with Gasteiger partial charge in [0.05, 0.1) is 6.61 Å². The van der Waals surface area contributed by atoms with Gasteiger partial charge in [-0.15, -0.1) is 0 Å². The number of rotatable bonds is 9. The van der Waals surface area contributed by atoms with Crippen molar-refractivity contribution in [1.82, 2.24) is 0 Å². The minimum absolute atomic E-state index is 0.152. The first-order valence-electron chi connectivity index (χ1n) is 10.0. The lowest BCUT2D eigenvalue weighted by molar-refractivity contribution is -0.130. The van der Waals surface area contributed by atoms with Gasteiger partial charge in [0.15, 0.2) is 5.60 Å². The molecule has 3 aromatic carbocycles. The minimum Gasteiger partial charge on any atom is -0.493 e. The van der Waals surface area contributed by atoms with Crippen molar-refractivity contribution in [1.29, 1.82) is 0 Å². The van der Waals surface area contributed by atoms with Crippen LogP contribution >= 0.6 is 0 Å². The van der Waals surface area contributed by atoms with Crippen molar-refractivity contribution in [3.63, 3.8) is 0 Å². The molecule has 0 spiro atoms. The Labute approximate surface area is 182 Å². The molecule has 0 saturated heterocycles. The van der Waals surface area contributed by atoms with Crippen LogP contribution in [0.15, 0.2) is 78.9 Å². The number of anilines is 1. The molecule has 0 bridgehead atoms. The van der Waals surface area contributed by atoms with Crippen LogP contribution < -0.4 is 20.5 Å². The molecule has 0 radical (unpaired) electrons. The van der Waals surface area contributed by atoms with E-state index in [0.717, 1.165) is 11.3 Å². The summed E-state index contributed by atoms with van der Waals surface area (Å²) in [6.07, 6.45) is 0.714. The fourth-order valence-corrected chi connectivity index (χ4v) is 2.78. The summed E-state index contributed by atoms with van der Waals surface area (Å²) < 4.78 is 11.4. The summed E-state index contributed by atoms with van der Waals surface area (Å²) in [6, 6.07) is 23.8. The van der Waals surface area contributed by atoms with Gasteiger partial charge in [-0.05, 0) is 67.9 Å². The minimum atomic E-state index is -1.06. The Bertz CT molecular complexity index is 1010. The van der Waals surface area contributed by atoms with E-state index in [-0.39, 0.29) is 5.91 Å². The molecule has 0 atom stereocenters. The van der Waals surface area contributed by atoms with Gasteiger partial charge < -0.3 is 20.5 Å². The molecule has 0 unspecified atom stereocenters. The van der Waals surface area contributed by atoms with Gasteiger partial charge in [-0.1, -0.05) is 30.3 Å². The summed E-state index contributed by atoms with van der Waals surface area (Å²) in [5.74, 6) is 0.638. The van der Waals surface area contributed by atoms with Crippen molar-refractivity contribution in [2.45, 2.75) is 25.9 Å². The summed E-state index contributed by atoms with van der Waals surface area (Å²) in [5.41, 5.74) is 6.66. The van der Waals surface area contributed by atoms with Crippen LogP contribution in [-0.2, 0) is 11.2 Å². The number of nitrogens with one attached hydrogen (secondary N) is 1. The Balaban J connectivity index is 1.46. The zero-order chi connectivity index (χ0) is 22.3. The molecule has 0 aliphatic rings. The maximum atomic E-state index is 12.2. The number of benzene rings is 3. The molecule has 0 fully saturated rings. The Kier molecular flexibility index (Phi) is 6.92. The third-order valence-electron chi connectivity index (χ3n) is 4.70. The average molecular weight is 418 g/mol. The number of carbonyl (C=O) groups excluding carboxylic acids is 2. The maximum absolute atomic E-state index is 12.2. The van der Waals surface area contributed by atoms with Crippen LogP contribution in [0, 0.1) is 0 Å². The third-order valence-corrected chi connectivity index (χ3v) is 4.70. The largest absolute Gasteiger partial charge is 0.493 e. The van der Waals surface area contributed by atoms with E-state index in [0.29, 0.717) is 30.0 Å². The van der Waals surface area contributed by atoms with Crippen molar-refractivity contribution in [3.05, 3.63) is 90.0 Å². The second kappa shape index (κ2) is 9.80. The molecule has 6 nitrogen and oxygen atoms in total. The smallest absolute Gasteiger partial charge is 0.261 e. The van der Waals surface area contributed by atoms with E-state index in [1.54, 1.807) is 26.0 Å². The normalized spacial score (nSPS) is 10.9. The first-order chi connectivity index (χ1) is 14.8. The fourth-order valence-electron chi connectivity index (χ4n) is 2.78. The number of hydrogen-bond acceptors (Lipinski definition) is 4. The van der Waals surface area contributed by atoms with Crippen molar-refractivity contribution >= 4 is 17.5 Å². The molecule has 31 heavy (non-hydrogen) atoms. The molecule has 2 amide bonds. The maximum Gasteiger partial charge on any atom is 0.261 e. The predicted molar refractivity (Wildman–Crippen MR) is 120 cm³/mol. The van der Waals surface area contributed by atoms with Crippen LogP contribution in [0.25, 0.3) is 0 Å². The summed E-state index contributed by atoms with van der Waals surface area (Å²) >= 11 is 0. The van der Waals surface area contributed by atoms with Gasteiger partial charge in [-0.3, -0.25) is 9.59 Å². The third kappa shape index (κ3) is 6.34. The van der Waals surface area contributed by atoms with Crippen LogP contribution in [0.3, 0.4) is 0 Å². The highest BCUT2D eigenvalue weighted by Crippen LogP contribution is 2.20. The molecule has 0 saturated carbocycles. The van der Waals surface area contributed by atoms with E-state index in [4.69, 9.17) is 15.2 Å². The zero-order valence-corrected chi connectivity index (χ0v) is 17.6. The number of ether oxygens (including phenoxy) is 2. The first-order valence-corrected chi connectivity index (χ1v) is 10.0. The molecular formula is C25H26N2O4. The standard InChI is InChI=1S/C25H26N2O4/c1-25(2,24(26)29)31-22-12-8-18(9-13-22)16-17-30-21-14-10-20(11-15-21)27-23(28)19-6-4-3-5-7-19/h3-15H,16-17H2,1-2H3,(H2,26,29)(H,27,28). The number of primary amides is 1. The Morgan fingerprint density at radius 3 is 2.10 bits per heavy atom. The second-order valence-corrected chi connectivity index (χ2v) is 7.56. The molecule has 160 valence electrons. The predicted octanol–water partition coefficient (Wildman–Crippen LogP) is 4.20. The molecule has 3 aromatic rings. The van der Waals surface area contributed by atoms with Crippen molar-refractivity contribution in [2.24, 2.45) is 5.73 Å². The summed E-state index contributed by atoms with van der Waals surface area (Å²) in [5, 5.41) is 2.86. The second-order valence-electron chi connectivity index (χ2n) is 7.56. The van der Waals surface area contributed by atoms with Crippen LogP contribution in [0.2, 0.25) is 0 Å². The van der Waals surface area contributed by atoms with E-state index in [1.807, 2.05) is 66.7 Å². The van der Waals surface area contributed by atoms with Crippen molar-refractivity contribution < 1.29 is 19.1 Å². The highest BCUT2D eigenvalue weighted by atomic mass is 16.5. The van der Waals surface area contributed by atoms with Gasteiger partial charge in [-0.2, -0.15) is 0 Å². The van der Waals surface area contributed by atoms with Gasteiger partial charge in [-0.25, -0.2) is 0 Å². The van der Waals surface area contributed by atoms with E-state index in [2.05, 4.69) is 5.32 Å². The van der Waals surface area contributed by atoms with Crippen LogP contribution in [-0.4, -0.2) is 24.0 Å². The lowest BCUT2D eigenvalue weighted by Gasteiger charge is -2.22. The number of hydrogen-bond donors (Lipinski definition) is 2. The average Bonchev–Trinajstić information content (AvgIpc) is 2.76. The van der Waals surface area contributed by atoms with Gasteiger partial charge in [0.25, 0.3) is 11.8 Å². The zero-order valence-electron chi connectivity index (χ0n) is 17.6. The monoisotopic (exact) mass is 418 g/mol. The topological polar surface area (TPSA) is 90.7 Å². The van der Waals surface area contributed by atoms with Crippen LogP contribution in [0.1, 0.15) is 29.8 Å². The van der Waals surface area contributed by atoms with E-state index in [1.165, 1.54) is 0 Å². The Morgan fingerprint density at radius 2 is 1.48 bits per heavy atom. The molecular weight excluding hydrogens is 392 g/mol. The summed E-state index contributed by atoms with van der Waals surface area (Å²) in [4.78, 5) is 23.6. The highest BCUT2D eigenvalue weighted by Gasteiger charge is 2.26. The summed E-state index contributed by atoms with van der Waals surface area (Å²) in [6.45, 7) is 3.77. The molecule has 0 heterocycles. The molecule has 3 rings (SSSR count). The van der Waals surface area contributed by atoms with E-state index < -0.39 is 11.5 Å². The molecule has 0 aliphatic heterocycles. The van der Waals surface area contributed by atoms with Gasteiger partial charge in [0.2, 0.25) is 0 Å². The molecule has 0 aromatic heterocycles. The molecule has 6 heteroatoms. The SMILES string of the molecule is CC(C)(Oc1ccc(CCOc2ccc(NC(=O)c3ccccc3)cc2)cc1)C(N)=O. The molecule has 3 N–H and O–H groups in total. The molecule has 0 aliphatic carbocycles. The quantitative estimate of drug-likeness (QED) is 0.545. The van der Waals surface area contributed by atoms with Crippen molar-refractivity contribution in [2.75, 3.05) is 11.9 Å². The van der Waals surface area contributed by atoms with E-state index in [9.17, 15) is 9.59 Å². The van der Waals surface area contributed by atoms with Gasteiger partial charge in [0, 0.05) is 17.7 Å². The highest BCUT2D eigenvalue weighted by molar-refractivity contribution is 6.04. The van der Waals surface area contributed by atoms with Crippen LogP contribution in [0.4, 0.5) is 5.69 Å². The Morgan fingerprint density at radius 1 is 0.871 bits per heavy atom. The Hall–Kier alpha value is -3.80.